The number of aryl methyl sites for hydroxylation is 1. The summed E-state index contributed by atoms with van der Waals surface area (Å²) in [6.45, 7) is 0. The maximum absolute atomic E-state index is 11.0. The van der Waals surface area contributed by atoms with Crippen molar-refractivity contribution in [2.75, 3.05) is 7.11 Å². The highest BCUT2D eigenvalue weighted by molar-refractivity contribution is 5.78. The van der Waals surface area contributed by atoms with Crippen molar-refractivity contribution in [2.24, 2.45) is 7.05 Å². The molecule has 0 saturated carbocycles. The highest BCUT2D eigenvalue weighted by atomic mass is 16.5. The van der Waals surface area contributed by atoms with Crippen LogP contribution in [0.1, 0.15) is 24.8 Å². The van der Waals surface area contributed by atoms with Crippen molar-refractivity contribution >= 4 is 17.0 Å². The zero-order valence-electron chi connectivity index (χ0n) is 11.4. The van der Waals surface area contributed by atoms with Crippen LogP contribution in [0.5, 0.6) is 5.75 Å². The van der Waals surface area contributed by atoms with Gasteiger partial charge in [-0.25, -0.2) is 9.78 Å². The van der Waals surface area contributed by atoms with Crippen LogP contribution in [-0.2, 0) is 16.6 Å². The number of rotatable bonds is 3. The zero-order chi connectivity index (χ0) is 14.3. The van der Waals surface area contributed by atoms with Crippen LogP contribution in [0, 0.1) is 0 Å². The third-order valence-corrected chi connectivity index (χ3v) is 3.71. The number of aliphatic carboxylic acids is 1. The summed E-state index contributed by atoms with van der Waals surface area (Å²) in [6.07, 6.45) is 0.200. The summed E-state index contributed by atoms with van der Waals surface area (Å²) >= 11 is 0. The number of aromatic nitrogens is 2. The fourth-order valence-corrected chi connectivity index (χ4v) is 2.62. The molecule has 0 bridgehead atoms. The molecule has 0 aliphatic carbocycles. The molecule has 2 heterocycles. The largest absolute Gasteiger partial charge is 0.497 e. The van der Waals surface area contributed by atoms with E-state index in [1.165, 1.54) is 0 Å². The molecular formula is C14H16N2O4. The van der Waals surface area contributed by atoms with Gasteiger partial charge in [0.05, 0.1) is 18.1 Å². The minimum Gasteiger partial charge on any atom is -0.497 e. The Balaban J connectivity index is 1.96. The summed E-state index contributed by atoms with van der Waals surface area (Å²) in [6, 6.07) is 5.68. The number of carboxylic acid groups (broad SMARTS) is 1. The fraction of sp³-hybridized carbons (Fsp3) is 0.429. The molecule has 1 N–H and O–H groups in total. The molecule has 1 aliphatic heterocycles. The second-order valence-corrected chi connectivity index (χ2v) is 4.91. The monoisotopic (exact) mass is 276 g/mol. The number of methoxy groups -OCH3 is 1. The predicted octanol–water partition coefficient (Wildman–Crippen LogP) is 1.89. The third kappa shape index (κ3) is 2.02. The molecule has 2 unspecified atom stereocenters. The molecule has 1 aliphatic rings. The number of imidazole rings is 1. The standard InChI is InChI=1S/C14H16N2O4/c1-16-10-4-3-8(19-2)7-9(10)15-13(16)11-5-6-12(20-11)14(17)18/h3-4,7,11-12H,5-6H2,1-2H3,(H,17,18). The van der Waals surface area contributed by atoms with Crippen LogP contribution in [0.15, 0.2) is 18.2 Å². The Hall–Kier alpha value is -2.08. The molecular weight excluding hydrogens is 260 g/mol. The van der Waals surface area contributed by atoms with Gasteiger partial charge in [-0.2, -0.15) is 0 Å². The number of fused-ring (bicyclic) bond motifs is 1. The van der Waals surface area contributed by atoms with E-state index in [2.05, 4.69) is 4.98 Å². The molecule has 0 spiro atoms. The topological polar surface area (TPSA) is 73.6 Å². The number of nitrogens with zero attached hydrogens (tertiary/aromatic N) is 2. The SMILES string of the molecule is COc1ccc2c(c1)nc(C1CCC(C(=O)O)O1)n2C. The molecule has 3 rings (SSSR count). The first-order valence-electron chi connectivity index (χ1n) is 6.49. The van der Waals surface area contributed by atoms with Crippen LogP contribution in [0.3, 0.4) is 0 Å². The van der Waals surface area contributed by atoms with Gasteiger partial charge in [0.1, 0.15) is 17.7 Å². The smallest absolute Gasteiger partial charge is 0.332 e. The summed E-state index contributed by atoms with van der Waals surface area (Å²) in [5, 5.41) is 8.99. The van der Waals surface area contributed by atoms with E-state index >= 15 is 0 Å². The highest BCUT2D eigenvalue weighted by Gasteiger charge is 2.33. The zero-order valence-corrected chi connectivity index (χ0v) is 11.4. The Morgan fingerprint density at radius 1 is 1.50 bits per heavy atom. The van der Waals surface area contributed by atoms with Crippen molar-refractivity contribution in [2.45, 2.75) is 25.0 Å². The first kappa shape index (κ1) is 12.9. The van der Waals surface area contributed by atoms with Crippen LogP contribution in [-0.4, -0.2) is 33.8 Å². The lowest BCUT2D eigenvalue weighted by molar-refractivity contribution is -0.149. The lowest BCUT2D eigenvalue weighted by Gasteiger charge is -2.10. The minimum absolute atomic E-state index is 0.264. The summed E-state index contributed by atoms with van der Waals surface area (Å²) in [4.78, 5) is 15.5. The Morgan fingerprint density at radius 3 is 2.95 bits per heavy atom. The van der Waals surface area contributed by atoms with E-state index < -0.39 is 12.1 Å². The van der Waals surface area contributed by atoms with Crippen molar-refractivity contribution in [1.82, 2.24) is 9.55 Å². The lowest BCUT2D eigenvalue weighted by atomic mass is 10.2. The summed E-state index contributed by atoms with van der Waals surface area (Å²) in [5.41, 5.74) is 1.80. The second-order valence-electron chi connectivity index (χ2n) is 4.91. The first-order chi connectivity index (χ1) is 9.60. The fourth-order valence-electron chi connectivity index (χ4n) is 2.62. The molecule has 1 aromatic heterocycles. The Bertz CT molecular complexity index is 664. The van der Waals surface area contributed by atoms with E-state index in [0.29, 0.717) is 12.8 Å². The lowest BCUT2D eigenvalue weighted by Crippen LogP contribution is -2.19. The molecule has 1 saturated heterocycles. The average molecular weight is 276 g/mol. The summed E-state index contributed by atoms with van der Waals surface area (Å²) in [7, 11) is 3.52. The number of hydrogen-bond acceptors (Lipinski definition) is 4. The first-order valence-corrected chi connectivity index (χ1v) is 6.49. The molecule has 1 aromatic carbocycles. The van der Waals surface area contributed by atoms with Crippen LogP contribution in [0.25, 0.3) is 11.0 Å². The molecule has 106 valence electrons. The quantitative estimate of drug-likeness (QED) is 0.926. The number of carbonyl (C=O) groups is 1. The molecule has 20 heavy (non-hydrogen) atoms. The van der Waals surface area contributed by atoms with Gasteiger partial charge in [-0.1, -0.05) is 0 Å². The third-order valence-electron chi connectivity index (χ3n) is 3.71. The van der Waals surface area contributed by atoms with Crippen LogP contribution in [0.4, 0.5) is 0 Å². The average Bonchev–Trinajstić information content (AvgIpc) is 3.03. The van der Waals surface area contributed by atoms with Gasteiger partial charge < -0.3 is 19.1 Å². The molecule has 6 heteroatoms. The Kier molecular flexibility index (Phi) is 3.10. The molecule has 0 amide bonds. The van der Waals surface area contributed by atoms with Gasteiger partial charge >= 0.3 is 5.97 Å². The number of benzene rings is 1. The van der Waals surface area contributed by atoms with Crippen LogP contribution in [0.2, 0.25) is 0 Å². The van der Waals surface area contributed by atoms with Gasteiger partial charge in [0.2, 0.25) is 0 Å². The van der Waals surface area contributed by atoms with E-state index in [1.807, 2.05) is 29.8 Å². The minimum atomic E-state index is -0.909. The summed E-state index contributed by atoms with van der Waals surface area (Å²) < 4.78 is 12.7. The van der Waals surface area contributed by atoms with Crippen molar-refractivity contribution in [3.63, 3.8) is 0 Å². The number of hydrogen-bond donors (Lipinski definition) is 1. The van der Waals surface area contributed by atoms with Crippen LogP contribution >= 0.6 is 0 Å². The van der Waals surface area contributed by atoms with Crippen molar-refractivity contribution in [1.29, 1.82) is 0 Å². The van der Waals surface area contributed by atoms with Crippen LogP contribution < -0.4 is 4.74 Å². The van der Waals surface area contributed by atoms with E-state index in [-0.39, 0.29) is 6.10 Å². The molecule has 1 fully saturated rings. The Morgan fingerprint density at radius 2 is 2.30 bits per heavy atom. The highest BCUT2D eigenvalue weighted by Crippen LogP contribution is 2.34. The van der Waals surface area contributed by atoms with Gasteiger partial charge in [0, 0.05) is 13.1 Å². The number of ether oxygens (including phenoxy) is 2. The van der Waals surface area contributed by atoms with Crippen molar-refractivity contribution in [3.05, 3.63) is 24.0 Å². The van der Waals surface area contributed by atoms with Crippen molar-refractivity contribution < 1.29 is 19.4 Å². The molecule has 2 atom stereocenters. The van der Waals surface area contributed by atoms with Gasteiger partial charge in [-0.3, -0.25) is 0 Å². The molecule has 2 aromatic rings. The molecule has 0 radical (unpaired) electrons. The predicted molar refractivity (Wildman–Crippen MR) is 71.7 cm³/mol. The normalized spacial score (nSPS) is 22.3. The van der Waals surface area contributed by atoms with E-state index in [4.69, 9.17) is 14.6 Å². The second kappa shape index (κ2) is 4.79. The molecule has 6 nitrogen and oxygen atoms in total. The Labute approximate surface area is 115 Å². The summed E-state index contributed by atoms with van der Waals surface area (Å²) in [5.74, 6) is 0.600. The van der Waals surface area contributed by atoms with Gasteiger partial charge in [0.15, 0.2) is 6.10 Å². The van der Waals surface area contributed by atoms with E-state index in [1.54, 1.807) is 7.11 Å². The van der Waals surface area contributed by atoms with Gasteiger partial charge in [0.25, 0.3) is 0 Å². The van der Waals surface area contributed by atoms with Gasteiger partial charge in [-0.05, 0) is 25.0 Å². The van der Waals surface area contributed by atoms with Crippen molar-refractivity contribution in [3.8, 4) is 5.75 Å². The van der Waals surface area contributed by atoms with Gasteiger partial charge in [-0.15, -0.1) is 0 Å². The maximum atomic E-state index is 11.0. The number of carboxylic acids is 1. The van der Waals surface area contributed by atoms with E-state index in [9.17, 15) is 4.79 Å². The van der Waals surface area contributed by atoms with E-state index in [0.717, 1.165) is 22.6 Å². The maximum Gasteiger partial charge on any atom is 0.332 e.